The Morgan fingerprint density at radius 1 is 0.579 bits per heavy atom. The van der Waals surface area contributed by atoms with Crippen LogP contribution in [0.1, 0.15) is 12.8 Å². The van der Waals surface area contributed by atoms with Crippen LogP contribution in [0.15, 0.2) is 49.6 Å². The highest BCUT2D eigenvalue weighted by molar-refractivity contribution is 4.83. The Morgan fingerprint density at radius 3 is 1.47 bits per heavy atom. The van der Waals surface area contributed by atoms with E-state index in [1.807, 2.05) is 12.2 Å². The van der Waals surface area contributed by atoms with Crippen LogP contribution < -0.4 is 0 Å². The van der Waals surface area contributed by atoms with Crippen molar-refractivity contribution in [1.29, 1.82) is 0 Å². The highest BCUT2D eigenvalue weighted by atomic mass is 16.5. The maximum atomic E-state index is 5.47. The summed E-state index contributed by atoms with van der Waals surface area (Å²) in [5.74, 6) is 0. The molecule has 0 unspecified atom stereocenters. The van der Waals surface area contributed by atoms with Gasteiger partial charge in [0.2, 0.25) is 0 Å². The van der Waals surface area contributed by atoms with Gasteiger partial charge in [-0.1, -0.05) is 36.5 Å². The largest absolute Gasteiger partial charge is 0.381 e. The normalized spacial score (nSPS) is 11.4. The van der Waals surface area contributed by atoms with Gasteiger partial charge >= 0.3 is 0 Å². The predicted molar refractivity (Wildman–Crippen MR) is 80.4 cm³/mol. The summed E-state index contributed by atoms with van der Waals surface area (Å²) in [4.78, 5) is 0. The van der Waals surface area contributed by atoms with Crippen LogP contribution in [0.4, 0.5) is 0 Å². The molecule has 3 nitrogen and oxygen atoms in total. The van der Waals surface area contributed by atoms with Crippen molar-refractivity contribution in [3.8, 4) is 0 Å². The zero-order valence-electron chi connectivity index (χ0n) is 11.8. The van der Waals surface area contributed by atoms with E-state index in [1.54, 1.807) is 12.2 Å². The Labute approximate surface area is 117 Å². The Hall–Kier alpha value is -1.16. The van der Waals surface area contributed by atoms with Gasteiger partial charge in [0.15, 0.2) is 0 Å². The third-order valence-electron chi connectivity index (χ3n) is 2.09. The number of rotatable bonds is 14. The third-order valence-corrected chi connectivity index (χ3v) is 2.09. The van der Waals surface area contributed by atoms with Gasteiger partial charge in [-0.05, 0) is 12.8 Å². The van der Waals surface area contributed by atoms with E-state index in [0.29, 0.717) is 26.4 Å². The molecule has 0 aromatic rings. The highest BCUT2D eigenvalue weighted by Gasteiger charge is 1.85. The minimum absolute atomic E-state index is 0.601. The van der Waals surface area contributed by atoms with Gasteiger partial charge in [-0.3, -0.25) is 0 Å². The van der Waals surface area contributed by atoms with Crippen molar-refractivity contribution in [2.24, 2.45) is 0 Å². The molecule has 0 saturated heterocycles. The van der Waals surface area contributed by atoms with Gasteiger partial charge in [0, 0.05) is 0 Å². The van der Waals surface area contributed by atoms with E-state index in [4.69, 9.17) is 14.2 Å². The lowest BCUT2D eigenvalue weighted by Gasteiger charge is -1.99. The van der Waals surface area contributed by atoms with Crippen LogP contribution in [0.5, 0.6) is 0 Å². The van der Waals surface area contributed by atoms with Crippen LogP contribution in [0.25, 0.3) is 0 Å². The van der Waals surface area contributed by atoms with Crippen molar-refractivity contribution in [2.75, 3.05) is 39.6 Å². The van der Waals surface area contributed by atoms with E-state index >= 15 is 0 Å². The van der Waals surface area contributed by atoms with Gasteiger partial charge in [-0.25, -0.2) is 0 Å². The van der Waals surface area contributed by atoms with Gasteiger partial charge in [-0.2, -0.15) is 0 Å². The minimum atomic E-state index is 0.601. The molecule has 0 fully saturated rings. The summed E-state index contributed by atoms with van der Waals surface area (Å²) in [6, 6.07) is 0. The molecular formula is C16H26O3. The molecule has 0 aromatic carbocycles. The summed E-state index contributed by atoms with van der Waals surface area (Å²) in [6.07, 6.45) is 13.5. The van der Waals surface area contributed by atoms with Gasteiger partial charge < -0.3 is 14.2 Å². The lowest BCUT2D eigenvalue weighted by atomic mass is 10.4. The maximum absolute atomic E-state index is 5.47. The molecule has 0 saturated carbocycles. The molecule has 19 heavy (non-hydrogen) atoms. The minimum Gasteiger partial charge on any atom is -0.381 e. The smallest absolute Gasteiger partial charge is 0.0651 e. The van der Waals surface area contributed by atoms with E-state index in [0.717, 1.165) is 26.1 Å². The zero-order valence-corrected chi connectivity index (χ0v) is 11.8. The van der Waals surface area contributed by atoms with Crippen molar-refractivity contribution >= 4 is 0 Å². The van der Waals surface area contributed by atoms with E-state index in [1.165, 1.54) is 0 Å². The molecule has 0 N–H and O–H groups in total. The van der Waals surface area contributed by atoms with E-state index in [2.05, 4.69) is 25.3 Å². The van der Waals surface area contributed by atoms with Crippen LogP contribution in [-0.2, 0) is 14.2 Å². The Balaban J connectivity index is 3.13. The van der Waals surface area contributed by atoms with Crippen LogP contribution in [0, 0.1) is 0 Å². The molecule has 0 heterocycles. The van der Waals surface area contributed by atoms with Crippen LogP contribution in [0.2, 0.25) is 0 Å². The summed E-state index contributed by atoms with van der Waals surface area (Å²) >= 11 is 0. The van der Waals surface area contributed by atoms with Crippen LogP contribution in [0.3, 0.4) is 0 Å². The monoisotopic (exact) mass is 266 g/mol. The van der Waals surface area contributed by atoms with Gasteiger partial charge in [0.05, 0.1) is 39.6 Å². The highest BCUT2D eigenvalue weighted by Crippen LogP contribution is 1.90. The molecule has 108 valence electrons. The van der Waals surface area contributed by atoms with E-state index in [9.17, 15) is 0 Å². The van der Waals surface area contributed by atoms with Crippen molar-refractivity contribution in [2.45, 2.75) is 12.8 Å². The summed E-state index contributed by atoms with van der Waals surface area (Å²) < 4.78 is 15.9. The first-order chi connectivity index (χ1) is 9.41. The first kappa shape index (κ1) is 17.8. The van der Waals surface area contributed by atoms with Gasteiger partial charge in [0.1, 0.15) is 0 Å². The molecule has 0 bridgehead atoms. The number of hydrogen-bond donors (Lipinski definition) is 0. The Bertz CT molecular complexity index is 231. The summed E-state index contributed by atoms with van der Waals surface area (Å²) in [7, 11) is 0. The Kier molecular flexibility index (Phi) is 15.8. The second-order valence-corrected chi connectivity index (χ2v) is 3.78. The molecular weight excluding hydrogens is 240 g/mol. The van der Waals surface area contributed by atoms with Crippen molar-refractivity contribution in [3.63, 3.8) is 0 Å². The van der Waals surface area contributed by atoms with Crippen molar-refractivity contribution < 1.29 is 14.2 Å². The first-order valence-electron chi connectivity index (χ1n) is 6.66. The number of hydrogen-bond acceptors (Lipinski definition) is 3. The quantitative estimate of drug-likeness (QED) is 0.357. The van der Waals surface area contributed by atoms with Crippen molar-refractivity contribution in [3.05, 3.63) is 49.6 Å². The maximum Gasteiger partial charge on any atom is 0.0651 e. The van der Waals surface area contributed by atoms with Gasteiger partial charge in [-0.15, -0.1) is 13.2 Å². The summed E-state index contributed by atoms with van der Waals surface area (Å²) in [5.41, 5.74) is 0. The zero-order chi connectivity index (χ0) is 14.0. The first-order valence-corrected chi connectivity index (χ1v) is 6.66. The lowest BCUT2D eigenvalue weighted by molar-refractivity contribution is 0.143. The van der Waals surface area contributed by atoms with E-state index in [-0.39, 0.29) is 0 Å². The molecule has 0 aliphatic heterocycles. The van der Waals surface area contributed by atoms with E-state index < -0.39 is 0 Å². The van der Waals surface area contributed by atoms with Gasteiger partial charge in [0.25, 0.3) is 0 Å². The second-order valence-electron chi connectivity index (χ2n) is 3.78. The topological polar surface area (TPSA) is 27.7 Å². The Morgan fingerprint density at radius 2 is 1.05 bits per heavy atom. The fraction of sp³-hybridized carbons (Fsp3) is 0.500. The summed E-state index contributed by atoms with van der Waals surface area (Å²) in [5, 5.41) is 0. The predicted octanol–water partition coefficient (Wildman–Crippen LogP) is 3.30. The molecule has 3 heteroatoms. The fourth-order valence-corrected chi connectivity index (χ4v) is 1.22. The van der Waals surface area contributed by atoms with Crippen LogP contribution >= 0.6 is 0 Å². The molecule has 0 aliphatic carbocycles. The SMILES string of the molecule is C=CCOC/C=C/CCOCC/C=C/COCC=C. The lowest BCUT2D eigenvalue weighted by Crippen LogP contribution is -1.95. The molecule has 0 aromatic heterocycles. The molecule has 0 radical (unpaired) electrons. The fourth-order valence-electron chi connectivity index (χ4n) is 1.22. The molecule has 0 atom stereocenters. The average Bonchev–Trinajstić information content (AvgIpc) is 2.43. The molecule has 0 rings (SSSR count). The second kappa shape index (κ2) is 16.8. The summed E-state index contributed by atoms with van der Waals surface area (Å²) in [6.45, 7) is 11.1. The van der Waals surface area contributed by atoms with Crippen molar-refractivity contribution in [1.82, 2.24) is 0 Å². The third kappa shape index (κ3) is 16.8. The average molecular weight is 266 g/mol. The number of ether oxygens (including phenoxy) is 3. The van der Waals surface area contributed by atoms with Crippen LogP contribution in [-0.4, -0.2) is 39.6 Å². The molecule has 0 aliphatic rings. The molecule has 0 spiro atoms. The molecule has 0 amide bonds. The standard InChI is InChI=1S/C16H26O3/c1-3-11-17-13-7-5-9-15-19-16-10-6-8-14-18-12-4-2/h3-8H,1-2,9-16H2/b7-5+,8-6+.